The topological polar surface area (TPSA) is 237 Å². The molecule has 90 heavy (non-hydrogen) atoms. The quantitative estimate of drug-likeness (QED) is 0.0222. The molecule has 0 spiro atoms. The number of hydrogen-bond donors (Lipinski definition) is 3. The van der Waals surface area contributed by atoms with Crippen molar-refractivity contribution in [3.63, 3.8) is 0 Å². The molecule has 0 amide bonds. The van der Waals surface area contributed by atoms with E-state index in [-0.39, 0.29) is 25.7 Å². The Morgan fingerprint density at radius 3 is 0.789 bits per heavy atom. The van der Waals surface area contributed by atoms with Crippen molar-refractivity contribution in [3.05, 3.63) is 0 Å². The molecule has 0 bridgehead atoms. The summed E-state index contributed by atoms with van der Waals surface area (Å²) in [5.74, 6) is 0.869. The summed E-state index contributed by atoms with van der Waals surface area (Å²) in [6.07, 6.45) is 43.2. The summed E-state index contributed by atoms with van der Waals surface area (Å²) in [6.45, 7) is 14.1. The highest BCUT2D eigenvalue weighted by atomic mass is 31.2. The van der Waals surface area contributed by atoms with Crippen molar-refractivity contribution >= 4 is 39.5 Å². The lowest BCUT2D eigenvalue weighted by Gasteiger charge is -2.21. The van der Waals surface area contributed by atoms with Gasteiger partial charge in [0.1, 0.15) is 19.3 Å². The highest BCUT2D eigenvalue weighted by molar-refractivity contribution is 7.47. The summed E-state index contributed by atoms with van der Waals surface area (Å²) in [7, 11) is -9.90. The average molecular weight is 1330 g/mol. The van der Waals surface area contributed by atoms with Gasteiger partial charge in [0.05, 0.1) is 26.4 Å². The van der Waals surface area contributed by atoms with Gasteiger partial charge >= 0.3 is 39.5 Å². The lowest BCUT2D eigenvalue weighted by atomic mass is 9.99. The first-order valence-electron chi connectivity index (χ1n) is 36.8. The molecule has 0 aromatic heterocycles. The molecule has 534 valence electrons. The zero-order valence-corrected chi connectivity index (χ0v) is 60.6. The Labute approximate surface area is 549 Å². The number of rotatable bonds is 68. The standard InChI is InChI=1S/C71H138O17P2/c1-9-63(7)49-41-33-24-20-15-13-11-12-14-16-21-25-35-43-51-68(73)81-57-66(87-70(75)53-45-37-26-22-18-17-19-23-31-39-47-61(3)4)59-85-89(77,78)83-55-65(72)56-84-90(79,80)86-60-67(58-82-69(74)52-44-36-29-27-32-40-48-62(5)6)88-71(76)54-46-38-30-28-34-42-50-64(8)10-2/h61-67,72H,9-60H2,1-8H3,(H,77,78)(H,79,80)/t63?,64?,65-,66-,67-/m1/s1. The second kappa shape index (κ2) is 60.7. The molecule has 0 aromatic carbocycles. The Morgan fingerprint density at radius 1 is 0.311 bits per heavy atom. The van der Waals surface area contributed by atoms with Crippen molar-refractivity contribution < 1.29 is 80.2 Å². The number of carbonyl (C=O) groups excluding carboxylic acids is 4. The van der Waals surface area contributed by atoms with Crippen LogP contribution in [0.4, 0.5) is 0 Å². The molecule has 4 unspecified atom stereocenters. The summed E-state index contributed by atoms with van der Waals surface area (Å²) >= 11 is 0. The van der Waals surface area contributed by atoms with Crippen LogP contribution in [0.25, 0.3) is 0 Å². The van der Waals surface area contributed by atoms with Gasteiger partial charge in [-0.15, -0.1) is 0 Å². The minimum absolute atomic E-state index is 0.101. The van der Waals surface area contributed by atoms with E-state index in [1.165, 1.54) is 148 Å². The van der Waals surface area contributed by atoms with Crippen LogP contribution in [0.3, 0.4) is 0 Å². The summed E-state index contributed by atoms with van der Waals surface area (Å²) in [5.41, 5.74) is 0. The zero-order chi connectivity index (χ0) is 66.8. The normalized spacial score (nSPS) is 14.9. The van der Waals surface area contributed by atoms with Gasteiger partial charge in [0.15, 0.2) is 12.2 Å². The van der Waals surface area contributed by atoms with Crippen LogP contribution < -0.4 is 0 Å². The van der Waals surface area contributed by atoms with Gasteiger partial charge in [-0.2, -0.15) is 0 Å². The monoisotopic (exact) mass is 1320 g/mol. The van der Waals surface area contributed by atoms with Crippen LogP contribution in [-0.4, -0.2) is 96.7 Å². The van der Waals surface area contributed by atoms with E-state index < -0.39 is 97.5 Å². The Balaban J connectivity index is 5.21. The van der Waals surface area contributed by atoms with Crippen molar-refractivity contribution in [2.75, 3.05) is 39.6 Å². The maximum atomic E-state index is 13.0. The number of unbranched alkanes of at least 4 members (excludes halogenated alkanes) is 32. The number of ether oxygens (including phenoxy) is 4. The molecule has 0 aliphatic heterocycles. The van der Waals surface area contributed by atoms with Crippen molar-refractivity contribution in [3.8, 4) is 0 Å². The van der Waals surface area contributed by atoms with Crippen LogP contribution in [0.5, 0.6) is 0 Å². The van der Waals surface area contributed by atoms with E-state index in [2.05, 4.69) is 55.4 Å². The van der Waals surface area contributed by atoms with Gasteiger partial charge in [0.25, 0.3) is 0 Å². The van der Waals surface area contributed by atoms with E-state index in [0.29, 0.717) is 31.6 Å². The number of hydrogen-bond acceptors (Lipinski definition) is 15. The largest absolute Gasteiger partial charge is 0.472 e. The van der Waals surface area contributed by atoms with Crippen LogP contribution in [0.15, 0.2) is 0 Å². The lowest BCUT2D eigenvalue weighted by molar-refractivity contribution is -0.161. The van der Waals surface area contributed by atoms with Crippen LogP contribution in [0.1, 0.15) is 351 Å². The van der Waals surface area contributed by atoms with Gasteiger partial charge < -0.3 is 33.8 Å². The summed E-state index contributed by atoms with van der Waals surface area (Å²) in [5, 5.41) is 10.6. The molecule has 0 saturated carbocycles. The first-order valence-corrected chi connectivity index (χ1v) is 39.8. The Morgan fingerprint density at radius 2 is 0.533 bits per heavy atom. The predicted octanol–water partition coefficient (Wildman–Crippen LogP) is 20.1. The first-order chi connectivity index (χ1) is 43.2. The Kier molecular flexibility index (Phi) is 59.4. The molecular weight excluding hydrogens is 1190 g/mol. The predicted molar refractivity (Wildman–Crippen MR) is 363 cm³/mol. The molecule has 0 aromatic rings. The van der Waals surface area contributed by atoms with Crippen LogP contribution in [-0.2, 0) is 65.4 Å². The molecular formula is C71H138O17P2. The van der Waals surface area contributed by atoms with E-state index >= 15 is 0 Å². The summed E-state index contributed by atoms with van der Waals surface area (Å²) in [4.78, 5) is 72.5. The molecule has 0 aliphatic rings. The van der Waals surface area contributed by atoms with Crippen molar-refractivity contribution in [1.82, 2.24) is 0 Å². The summed E-state index contributed by atoms with van der Waals surface area (Å²) in [6, 6.07) is 0. The van der Waals surface area contributed by atoms with Gasteiger partial charge in [-0.1, -0.05) is 299 Å². The fourth-order valence-corrected chi connectivity index (χ4v) is 12.2. The van der Waals surface area contributed by atoms with E-state index in [9.17, 15) is 43.2 Å². The van der Waals surface area contributed by atoms with Gasteiger partial charge in [0, 0.05) is 25.7 Å². The fraction of sp³-hybridized carbons (Fsp3) is 0.944. The van der Waals surface area contributed by atoms with E-state index in [1.807, 2.05) is 0 Å². The van der Waals surface area contributed by atoms with Gasteiger partial charge in [-0.05, 0) is 49.4 Å². The molecule has 19 heteroatoms. The molecule has 0 fully saturated rings. The Hall–Kier alpha value is -1.94. The fourth-order valence-electron chi connectivity index (χ4n) is 10.6. The maximum absolute atomic E-state index is 13.0. The number of aliphatic hydroxyl groups excluding tert-OH is 1. The first kappa shape index (κ1) is 88.1. The lowest BCUT2D eigenvalue weighted by Crippen LogP contribution is -2.30. The molecule has 0 aliphatic carbocycles. The van der Waals surface area contributed by atoms with Crippen molar-refractivity contribution in [2.45, 2.75) is 369 Å². The number of carbonyl (C=O) groups is 4. The molecule has 17 nitrogen and oxygen atoms in total. The number of phosphoric acid groups is 2. The molecule has 0 rings (SSSR count). The number of aliphatic hydroxyl groups is 1. The second-order valence-corrected chi connectivity index (χ2v) is 30.0. The SMILES string of the molecule is CCC(C)CCCCCCCCCCCCCCCCC(=O)OC[C@H](COP(=O)(O)OC[C@@H](O)COP(=O)(O)OC[C@@H](COC(=O)CCCCCCCCC(C)C)OC(=O)CCCCCCCCC(C)CC)OC(=O)CCCCCCCCCCCCC(C)C. The third kappa shape index (κ3) is 62.2. The second-order valence-electron chi connectivity index (χ2n) is 27.1. The minimum Gasteiger partial charge on any atom is -0.462 e. The van der Waals surface area contributed by atoms with Crippen molar-refractivity contribution in [2.24, 2.45) is 23.7 Å². The van der Waals surface area contributed by atoms with E-state index in [4.69, 9.17) is 37.0 Å². The number of phosphoric ester groups is 2. The minimum atomic E-state index is -4.95. The van der Waals surface area contributed by atoms with Crippen molar-refractivity contribution in [1.29, 1.82) is 0 Å². The van der Waals surface area contributed by atoms with Crippen LogP contribution in [0.2, 0.25) is 0 Å². The maximum Gasteiger partial charge on any atom is 0.472 e. The smallest absolute Gasteiger partial charge is 0.462 e. The van der Waals surface area contributed by atoms with Gasteiger partial charge in [-0.25, -0.2) is 9.13 Å². The highest BCUT2D eigenvalue weighted by Gasteiger charge is 2.30. The molecule has 0 radical (unpaired) electrons. The summed E-state index contributed by atoms with van der Waals surface area (Å²) < 4.78 is 68.2. The van der Waals surface area contributed by atoms with Gasteiger partial charge in [-0.3, -0.25) is 37.3 Å². The third-order valence-electron chi connectivity index (χ3n) is 17.0. The van der Waals surface area contributed by atoms with Crippen LogP contribution in [0, 0.1) is 23.7 Å². The molecule has 0 heterocycles. The van der Waals surface area contributed by atoms with E-state index in [0.717, 1.165) is 114 Å². The number of esters is 4. The van der Waals surface area contributed by atoms with Crippen LogP contribution >= 0.6 is 15.6 Å². The van der Waals surface area contributed by atoms with E-state index in [1.54, 1.807) is 0 Å². The third-order valence-corrected chi connectivity index (χ3v) is 18.9. The van der Waals surface area contributed by atoms with Gasteiger partial charge in [0.2, 0.25) is 0 Å². The molecule has 7 atom stereocenters. The highest BCUT2D eigenvalue weighted by Crippen LogP contribution is 2.45. The Bertz CT molecular complexity index is 1790. The average Bonchev–Trinajstić information content (AvgIpc) is 2.83. The zero-order valence-electron chi connectivity index (χ0n) is 58.8. The molecule has 3 N–H and O–H groups in total. The molecule has 0 saturated heterocycles.